The van der Waals surface area contributed by atoms with Crippen LogP contribution in [0.3, 0.4) is 0 Å². The number of benzene rings is 1. The Morgan fingerprint density at radius 2 is 2.09 bits per heavy atom. The summed E-state index contributed by atoms with van der Waals surface area (Å²) in [6.07, 6.45) is 2.64. The Morgan fingerprint density at radius 1 is 1.36 bits per heavy atom. The van der Waals surface area contributed by atoms with Crippen molar-refractivity contribution in [3.63, 3.8) is 0 Å². The molecule has 2 N–H and O–H groups in total. The topological polar surface area (TPSA) is 64.2 Å². The molecular weight excluding hydrogens is 283 g/mol. The average Bonchev–Trinajstić information content (AvgIpc) is 3.14. The van der Waals surface area contributed by atoms with Crippen molar-refractivity contribution < 1.29 is 9.18 Å². The molecule has 1 amide bonds. The first-order valence-corrected chi connectivity index (χ1v) is 7.41. The normalized spacial score (nSPS) is 21.3. The molecule has 0 radical (unpaired) electrons. The fourth-order valence-corrected chi connectivity index (χ4v) is 2.92. The SMILES string of the molecule is CC1CC(CN)CN1C(=O)c1ccn(-c2ccc(F)cc2)n1. The maximum absolute atomic E-state index is 13.0. The van der Waals surface area contributed by atoms with Gasteiger partial charge in [0.05, 0.1) is 5.69 Å². The lowest BCUT2D eigenvalue weighted by Gasteiger charge is -2.20. The highest BCUT2D eigenvalue weighted by Crippen LogP contribution is 2.23. The minimum atomic E-state index is -0.300. The van der Waals surface area contributed by atoms with E-state index in [4.69, 9.17) is 5.73 Å². The lowest BCUT2D eigenvalue weighted by molar-refractivity contribution is 0.0737. The Bertz CT molecular complexity index is 667. The van der Waals surface area contributed by atoms with Crippen LogP contribution in [-0.4, -0.2) is 39.7 Å². The molecule has 6 heteroatoms. The molecule has 3 rings (SSSR count). The number of aromatic nitrogens is 2. The number of amides is 1. The third-order valence-electron chi connectivity index (χ3n) is 4.15. The lowest BCUT2D eigenvalue weighted by Crippen LogP contribution is -2.34. The molecule has 0 bridgehead atoms. The fourth-order valence-electron chi connectivity index (χ4n) is 2.92. The van der Waals surface area contributed by atoms with Gasteiger partial charge >= 0.3 is 0 Å². The van der Waals surface area contributed by atoms with Crippen molar-refractivity contribution >= 4 is 5.91 Å². The second kappa shape index (κ2) is 5.88. The smallest absolute Gasteiger partial charge is 0.274 e. The van der Waals surface area contributed by atoms with E-state index in [1.807, 2.05) is 11.8 Å². The Hall–Kier alpha value is -2.21. The van der Waals surface area contributed by atoms with Gasteiger partial charge in [-0.05, 0) is 56.1 Å². The molecule has 1 fully saturated rings. The number of carbonyl (C=O) groups is 1. The molecule has 0 saturated carbocycles. The van der Waals surface area contributed by atoms with E-state index in [0.29, 0.717) is 24.7 Å². The molecular formula is C16H19FN4O. The van der Waals surface area contributed by atoms with Gasteiger partial charge in [0.15, 0.2) is 5.69 Å². The maximum atomic E-state index is 13.0. The summed E-state index contributed by atoms with van der Waals surface area (Å²) in [5.74, 6) is -0.0200. The van der Waals surface area contributed by atoms with E-state index in [0.717, 1.165) is 12.1 Å². The zero-order chi connectivity index (χ0) is 15.7. The van der Waals surface area contributed by atoms with E-state index in [2.05, 4.69) is 5.10 Å². The molecule has 1 aliphatic heterocycles. The minimum Gasteiger partial charge on any atom is -0.334 e. The molecule has 1 aromatic carbocycles. The molecule has 116 valence electrons. The molecule has 2 aromatic rings. The van der Waals surface area contributed by atoms with Crippen molar-refractivity contribution in [1.29, 1.82) is 0 Å². The highest BCUT2D eigenvalue weighted by Gasteiger charge is 2.32. The number of halogens is 1. The second-order valence-electron chi connectivity index (χ2n) is 5.77. The quantitative estimate of drug-likeness (QED) is 0.940. The van der Waals surface area contributed by atoms with Gasteiger partial charge in [-0.2, -0.15) is 5.10 Å². The van der Waals surface area contributed by atoms with E-state index >= 15 is 0 Å². The van der Waals surface area contributed by atoms with Crippen LogP contribution in [0.1, 0.15) is 23.8 Å². The number of hydrogen-bond acceptors (Lipinski definition) is 3. The highest BCUT2D eigenvalue weighted by molar-refractivity contribution is 5.92. The monoisotopic (exact) mass is 302 g/mol. The Balaban J connectivity index is 1.79. The van der Waals surface area contributed by atoms with Gasteiger partial charge in [0.2, 0.25) is 0 Å². The van der Waals surface area contributed by atoms with Crippen LogP contribution >= 0.6 is 0 Å². The number of nitrogens with two attached hydrogens (primary N) is 1. The van der Waals surface area contributed by atoms with Crippen LogP contribution in [0.2, 0.25) is 0 Å². The predicted octanol–water partition coefficient (Wildman–Crippen LogP) is 1.82. The van der Waals surface area contributed by atoms with Crippen molar-refractivity contribution in [2.45, 2.75) is 19.4 Å². The summed E-state index contributed by atoms with van der Waals surface area (Å²) in [7, 11) is 0. The molecule has 2 unspecified atom stereocenters. The van der Waals surface area contributed by atoms with Crippen molar-refractivity contribution in [2.75, 3.05) is 13.1 Å². The van der Waals surface area contributed by atoms with E-state index < -0.39 is 0 Å². The molecule has 2 atom stereocenters. The van der Waals surface area contributed by atoms with Crippen LogP contribution in [-0.2, 0) is 0 Å². The van der Waals surface area contributed by atoms with Gasteiger partial charge in [0.1, 0.15) is 5.82 Å². The molecule has 1 aliphatic rings. The van der Waals surface area contributed by atoms with E-state index in [-0.39, 0.29) is 17.8 Å². The zero-order valence-corrected chi connectivity index (χ0v) is 12.4. The van der Waals surface area contributed by atoms with Gasteiger partial charge in [-0.15, -0.1) is 0 Å². The van der Waals surface area contributed by atoms with Crippen LogP contribution in [0.25, 0.3) is 5.69 Å². The van der Waals surface area contributed by atoms with Crippen molar-refractivity contribution in [1.82, 2.24) is 14.7 Å². The minimum absolute atomic E-state index is 0.0793. The predicted molar refractivity (Wildman–Crippen MR) is 81.2 cm³/mol. The number of carbonyl (C=O) groups excluding carboxylic acids is 1. The van der Waals surface area contributed by atoms with Crippen LogP contribution < -0.4 is 5.73 Å². The summed E-state index contributed by atoms with van der Waals surface area (Å²) < 4.78 is 14.5. The average molecular weight is 302 g/mol. The van der Waals surface area contributed by atoms with Gasteiger partial charge in [-0.25, -0.2) is 9.07 Å². The van der Waals surface area contributed by atoms with E-state index in [1.54, 1.807) is 29.1 Å². The first-order chi connectivity index (χ1) is 10.6. The molecule has 5 nitrogen and oxygen atoms in total. The summed E-state index contributed by atoms with van der Waals surface area (Å²) in [5, 5.41) is 4.31. The summed E-state index contributed by atoms with van der Waals surface area (Å²) >= 11 is 0. The van der Waals surface area contributed by atoms with Gasteiger partial charge in [0.25, 0.3) is 5.91 Å². The number of hydrogen-bond donors (Lipinski definition) is 1. The summed E-state index contributed by atoms with van der Waals surface area (Å²) in [4.78, 5) is 14.4. The van der Waals surface area contributed by atoms with Crippen LogP contribution in [0.15, 0.2) is 36.5 Å². The lowest BCUT2D eigenvalue weighted by atomic mass is 10.1. The Labute approximate surface area is 128 Å². The number of rotatable bonds is 3. The van der Waals surface area contributed by atoms with Crippen molar-refractivity contribution in [3.05, 3.63) is 48.0 Å². The summed E-state index contributed by atoms with van der Waals surface area (Å²) in [5.41, 5.74) is 6.82. The molecule has 1 aromatic heterocycles. The van der Waals surface area contributed by atoms with Gasteiger partial charge < -0.3 is 10.6 Å². The number of nitrogens with zero attached hydrogens (tertiary/aromatic N) is 3. The third kappa shape index (κ3) is 2.74. The van der Waals surface area contributed by atoms with Crippen LogP contribution in [0.5, 0.6) is 0 Å². The maximum Gasteiger partial charge on any atom is 0.274 e. The molecule has 22 heavy (non-hydrogen) atoms. The highest BCUT2D eigenvalue weighted by atomic mass is 19.1. The second-order valence-corrected chi connectivity index (χ2v) is 5.77. The summed E-state index contributed by atoms with van der Waals surface area (Å²) in [6.45, 7) is 3.31. The molecule has 2 heterocycles. The van der Waals surface area contributed by atoms with Crippen molar-refractivity contribution in [3.8, 4) is 5.69 Å². The van der Waals surface area contributed by atoms with Gasteiger partial charge in [-0.3, -0.25) is 4.79 Å². The largest absolute Gasteiger partial charge is 0.334 e. The molecule has 1 saturated heterocycles. The van der Waals surface area contributed by atoms with Crippen LogP contribution in [0, 0.1) is 11.7 Å². The first-order valence-electron chi connectivity index (χ1n) is 7.41. The Kier molecular flexibility index (Phi) is 3.94. The van der Waals surface area contributed by atoms with Crippen LogP contribution in [0.4, 0.5) is 4.39 Å². The van der Waals surface area contributed by atoms with E-state index in [1.165, 1.54) is 12.1 Å². The zero-order valence-electron chi connectivity index (χ0n) is 12.4. The van der Waals surface area contributed by atoms with E-state index in [9.17, 15) is 9.18 Å². The standard InChI is InChI=1S/C16H19FN4O/c1-11-8-12(9-18)10-20(11)16(22)15-6-7-21(19-15)14-4-2-13(17)3-5-14/h2-7,11-12H,8-10,18H2,1H3. The first kappa shape index (κ1) is 14.7. The molecule has 0 spiro atoms. The van der Waals surface area contributed by atoms with Crippen molar-refractivity contribution in [2.24, 2.45) is 11.7 Å². The Morgan fingerprint density at radius 3 is 2.73 bits per heavy atom. The fraction of sp³-hybridized carbons (Fsp3) is 0.375. The van der Waals surface area contributed by atoms with Gasteiger partial charge in [-0.1, -0.05) is 0 Å². The summed E-state index contributed by atoms with van der Waals surface area (Å²) in [6, 6.07) is 7.85. The third-order valence-corrected chi connectivity index (χ3v) is 4.15. The number of likely N-dealkylation sites (tertiary alicyclic amines) is 1. The molecule has 0 aliphatic carbocycles. The van der Waals surface area contributed by atoms with Gasteiger partial charge in [0, 0.05) is 18.8 Å².